The molecule has 2 amide bonds. The molecule has 27 heavy (non-hydrogen) atoms. The molecule has 0 bridgehead atoms. The summed E-state index contributed by atoms with van der Waals surface area (Å²) in [6.07, 6.45) is 2.11. The minimum absolute atomic E-state index is 0.0775. The van der Waals surface area contributed by atoms with E-state index < -0.39 is 18.2 Å². The zero-order valence-corrected chi connectivity index (χ0v) is 16.6. The van der Waals surface area contributed by atoms with Crippen molar-refractivity contribution in [3.63, 3.8) is 0 Å². The van der Waals surface area contributed by atoms with Crippen LogP contribution in [0.15, 0.2) is 30.3 Å². The summed E-state index contributed by atoms with van der Waals surface area (Å²) in [5, 5.41) is 13.1. The standard InChI is InChI=1S/C21H32N2O4/c1-4-9-18(24)17-12-8-13-23(17)20(25)19(15(2)3)22-21(26)27-14-16-10-6-5-7-11-16/h5-7,10-11,15,17-19,24H,4,8-9,12-14H2,1-3H3,(H,22,26)/t17?,18?,19-/m0/s1. The average Bonchev–Trinajstić information content (AvgIpc) is 3.14. The molecule has 0 aliphatic carbocycles. The second-order valence-electron chi connectivity index (χ2n) is 7.52. The van der Waals surface area contributed by atoms with Gasteiger partial charge in [0, 0.05) is 6.54 Å². The zero-order valence-electron chi connectivity index (χ0n) is 16.6. The third kappa shape index (κ3) is 5.96. The van der Waals surface area contributed by atoms with Crippen LogP contribution in [0.4, 0.5) is 4.79 Å². The third-order valence-electron chi connectivity index (χ3n) is 5.03. The van der Waals surface area contributed by atoms with Crippen LogP contribution in [-0.2, 0) is 16.1 Å². The molecule has 2 rings (SSSR count). The second kappa shape index (κ2) is 10.3. The summed E-state index contributed by atoms with van der Waals surface area (Å²) >= 11 is 0. The van der Waals surface area contributed by atoms with Gasteiger partial charge in [-0.2, -0.15) is 0 Å². The minimum Gasteiger partial charge on any atom is -0.445 e. The van der Waals surface area contributed by atoms with Crippen LogP contribution in [-0.4, -0.2) is 46.7 Å². The zero-order chi connectivity index (χ0) is 19.8. The molecule has 0 spiro atoms. The van der Waals surface area contributed by atoms with Crippen LogP contribution in [0.25, 0.3) is 0 Å². The highest BCUT2D eigenvalue weighted by atomic mass is 16.5. The van der Waals surface area contributed by atoms with Crippen molar-refractivity contribution in [1.82, 2.24) is 10.2 Å². The van der Waals surface area contributed by atoms with E-state index >= 15 is 0 Å². The molecule has 0 radical (unpaired) electrons. The van der Waals surface area contributed by atoms with E-state index in [9.17, 15) is 14.7 Å². The number of rotatable bonds is 8. The summed E-state index contributed by atoms with van der Waals surface area (Å²) in [4.78, 5) is 27.0. The van der Waals surface area contributed by atoms with Gasteiger partial charge in [-0.1, -0.05) is 57.5 Å². The smallest absolute Gasteiger partial charge is 0.408 e. The minimum atomic E-state index is -0.664. The van der Waals surface area contributed by atoms with Crippen molar-refractivity contribution in [2.75, 3.05) is 6.54 Å². The Balaban J connectivity index is 1.96. The molecule has 0 saturated carbocycles. The van der Waals surface area contributed by atoms with Gasteiger partial charge in [0.2, 0.25) is 5.91 Å². The SMILES string of the molecule is CCCC(O)C1CCCN1C(=O)[C@@H](NC(=O)OCc1ccccc1)C(C)C. The summed E-state index contributed by atoms with van der Waals surface area (Å²) in [5.74, 6) is -0.217. The lowest BCUT2D eigenvalue weighted by Gasteiger charge is -2.33. The maximum Gasteiger partial charge on any atom is 0.408 e. The molecule has 1 aromatic carbocycles. The van der Waals surface area contributed by atoms with Crippen LogP contribution >= 0.6 is 0 Å². The Kier molecular flexibility index (Phi) is 8.10. The number of nitrogens with one attached hydrogen (secondary N) is 1. The molecule has 1 aromatic rings. The normalized spacial score (nSPS) is 19.0. The maximum absolute atomic E-state index is 13.1. The molecule has 1 saturated heterocycles. The number of hydrogen-bond donors (Lipinski definition) is 2. The molecule has 2 N–H and O–H groups in total. The van der Waals surface area contributed by atoms with Crippen molar-refractivity contribution < 1.29 is 19.4 Å². The Morgan fingerprint density at radius 1 is 1.30 bits per heavy atom. The van der Waals surface area contributed by atoms with Crippen LogP contribution in [0.2, 0.25) is 0 Å². The number of carbonyl (C=O) groups excluding carboxylic acids is 2. The molecular formula is C21H32N2O4. The van der Waals surface area contributed by atoms with Crippen molar-refractivity contribution in [1.29, 1.82) is 0 Å². The van der Waals surface area contributed by atoms with Gasteiger partial charge in [0.05, 0.1) is 12.1 Å². The van der Waals surface area contributed by atoms with Gasteiger partial charge in [0.25, 0.3) is 0 Å². The number of amides is 2. The van der Waals surface area contributed by atoms with Crippen molar-refractivity contribution in [2.45, 2.75) is 71.2 Å². The fraction of sp³-hybridized carbons (Fsp3) is 0.619. The number of ether oxygens (including phenoxy) is 1. The van der Waals surface area contributed by atoms with Crippen molar-refractivity contribution in [3.8, 4) is 0 Å². The fourth-order valence-corrected chi connectivity index (χ4v) is 3.54. The van der Waals surface area contributed by atoms with E-state index in [-0.39, 0.29) is 24.5 Å². The van der Waals surface area contributed by atoms with Crippen LogP contribution in [0.1, 0.15) is 52.0 Å². The molecule has 1 aliphatic heterocycles. The molecular weight excluding hydrogens is 344 g/mol. The first-order valence-corrected chi connectivity index (χ1v) is 9.89. The van der Waals surface area contributed by atoms with E-state index in [1.807, 2.05) is 51.1 Å². The first kappa shape index (κ1) is 21.2. The predicted molar refractivity (Wildman–Crippen MR) is 104 cm³/mol. The predicted octanol–water partition coefficient (Wildman–Crippen LogP) is 3.09. The first-order valence-electron chi connectivity index (χ1n) is 9.89. The van der Waals surface area contributed by atoms with Gasteiger partial charge in [-0.15, -0.1) is 0 Å². The number of hydrogen-bond acceptors (Lipinski definition) is 4. The van der Waals surface area contributed by atoms with Gasteiger partial charge in [0.1, 0.15) is 12.6 Å². The molecule has 1 heterocycles. The number of aliphatic hydroxyl groups is 1. The van der Waals surface area contributed by atoms with Crippen molar-refractivity contribution in [2.24, 2.45) is 5.92 Å². The average molecular weight is 376 g/mol. The largest absolute Gasteiger partial charge is 0.445 e. The molecule has 1 aliphatic rings. The van der Waals surface area contributed by atoms with Gasteiger partial charge >= 0.3 is 6.09 Å². The Morgan fingerprint density at radius 2 is 2.00 bits per heavy atom. The molecule has 1 fully saturated rings. The molecule has 0 aromatic heterocycles. The second-order valence-corrected chi connectivity index (χ2v) is 7.52. The molecule has 6 nitrogen and oxygen atoms in total. The molecule has 2 unspecified atom stereocenters. The summed E-state index contributed by atoms with van der Waals surface area (Å²) < 4.78 is 5.26. The summed E-state index contributed by atoms with van der Waals surface area (Å²) in [6, 6.07) is 8.59. The quantitative estimate of drug-likeness (QED) is 0.731. The third-order valence-corrected chi connectivity index (χ3v) is 5.03. The lowest BCUT2D eigenvalue weighted by atomic mass is 10.00. The number of alkyl carbamates (subject to hydrolysis) is 1. The lowest BCUT2D eigenvalue weighted by Crippen LogP contribution is -2.54. The topological polar surface area (TPSA) is 78.9 Å². The van der Waals surface area contributed by atoms with E-state index in [2.05, 4.69) is 5.32 Å². The Labute approximate surface area is 161 Å². The van der Waals surface area contributed by atoms with Gasteiger partial charge in [-0.05, 0) is 30.7 Å². The maximum atomic E-state index is 13.1. The summed E-state index contributed by atoms with van der Waals surface area (Å²) in [5.41, 5.74) is 0.891. The van der Waals surface area contributed by atoms with Gasteiger partial charge in [0.15, 0.2) is 0 Å². The highest BCUT2D eigenvalue weighted by Gasteiger charge is 2.38. The molecule has 6 heteroatoms. The van der Waals surface area contributed by atoms with E-state index in [1.54, 1.807) is 4.90 Å². The number of likely N-dealkylation sites (tertiary alicyclic amines) is 1. The van der Waals surface area contributed by atoms with Crippen LogP contribution in [0.3, 0.4) is 0 Å². The van der Waals surface area contributed by atoms with Crippen molar-refractivity contribution >= 4 is 12.0 Å². The Morgan fingerprint density at radius 3 is 2.63 bits per heavy atom. The molecule has 3 atom stereocenters. The molecule has 150 valence electrons. The van der Waals surface area contributed by atoms with Crippen LogP contribution < -0.4 is 5.32 Å². The van der Waals surface area contributed by atoms with Crippen LogP contribution in [0, 0.1) is 5.92 Å². The fourth-order valence-electron chi connectivity index (χ4n) is 3.54. The van der Waals surface area contributed by atoms with Gasteiger partial charge in [-0.3, -0.25) is 4.79 Å². The number of benzene rings is 1. The Bertz CT molecular complexity index is 605. The monoisotopic (exact) mass is 376 g/mol. The van der Waals surface area contributed by atoms with Gasteiger partial charge < -0.3 is 20.1 Å². The van der Waals surface area contributed by atoms with Crippen molar-refractivity contribution in [3.05, 3.63) is 35.9 Å². The Hall–Kier alpha value is -2.08. The van der Waals surface area contributed by atoms with E-state index in [1.165, 1.54) is 0 Å². The first-order chi connectivity index (χ1) is 12.9. The van der Waals surface area contributed by atoms with Crippen LogP contribution in [0.5, 0.6) is 0 Å². The number of nitrogens with zero attached hydrogens (tertiary/aromatic N) is 1. The van der Waals surface area contributed by atoms with E-state index in [4.69, 9.17) is 4.74 Å². The highest BCUT2D eigenvalue weighted by Crippen LogP contribution is 2.24. The highest BCUT2D eigenvalue weighted by molar-refractivity contribution is 5.86. The van der Waals surface area contributed by atoms with E-state index in [0.29, 0.717) is 13.0 Å². The summed E-state index contributed by atoms with van der Waals surface area (Å²) in [7, 11) is 0. The lowest BCUT2D eigenvalue weighted by molar-refractivity contribution is -0.137. The number of carbonyl (C=O) groups is 2. The summed E-state index contributed by atoms with van der Waals surface area (Å²) in [6.45, 7) is 6.59. The number of aliphatic hydroxyl groups excluding tert-OH is 1. The van der Waals surface area contributed by atoms with E-state index in [0.717, 1.165) is 24.8 Å². The van der Waals surface area contributed by atoms with Gasteiger partial charge in [-0.25, -0.2) is 4.79 Å².